The number of aliphatic carboxylic acids is 1. The lowest BCUT2D eigenvalue weighted by Crippen LogP contribution is -2.46. The largest absolute Gasteiger partial charge is 0.481 e. The molecule has 1 atom stereocenters. The van der Waals surface area contributed by atoms with Crippen LogP contribution in [0.3, 0.4) is 0 Å². The number of carbonyl (C=O) groups excluding carboxylic acids is 2. The second-order valence-electron chi connectivity index (χ2n) is 5.97. The molecule has 1 aliphatic carbocycles. The van der Waals surface area contributed by atoms with E-state index < -0.39 is 12.1 Å². The molecule has 2 heterocycles. The third-order valence-corrected chi connectivity index (χ3v) is 4.33. The van der Waals surface area contributed by atoms with Gasteiger partial charge < -0.3 is 19.2 Å². The SMILES string of the molecule is Cc1c(C(=O)N2CCO[C@H](CC(=O)O)C2)oc2c1C(=O)CCC2. The van der Waals surface area contributed by atoms with Crippen LogP contribution < -0.4 is 0 Å². The first-order valence-electron chi connectivity index (χ1n) is 7.75. The highest BCUT2D eigenvalue weighted by Crippen LogP contribution is 2.30. The predicted octanol–water partition coefficient (Wildman–Crippen LogP) is 1.42. The van der Waals surface area contributed by atoms with Crippen LogP contribution in [0.25, 0.3) is 0 Å². The Balaban J connectivity index is 1.80. The van der Waals surface area contributed by atoms with Crippen molar-refractivity contribution in [1.82, 2.24) is 4.90 Å². The Bertz CT molecular complexity index is 662. The first-order valence-corrected chi connectivity index (χ1v) is 7.75. The van der Waals surface area contributed by atoms with Crippen LogP contribution >= 0.6 is 0 Å². The van der Waals surface area contributed by atoms with E-state index in [2.05, 4.69) is 0 Å². The molecule has 0 saturated carbocycles. The number of amides is 1. The zero-order valence-corrected chi connectivity index (χ0v) is 13.0. The third kappa shape index (κ3) is 3.01. The average Bonchev–Trinajstić information content (AvgIpc) is 2.84. The molecule has 1 N–H and O–H groups in total. The summed E-state index contributed by atoms with van der Waals surface area (Å²) >= 11 is 0. The van der Waals surface area contributed by atoms with E-state index in [4.69, 9.17) is 14.3 Å². The minimum Gasteiger partial charge on any atom is -0.481 e. The van der Waals surface area contributed by atoms with Crippen molar-refractivity contribution in [3.8, 4) is 0 Å². The van der Waals surface area contributed by atoms with E-state index in [1.165, 1.54) is 0 Å². The molecule has 0 unspecified atom stereocenters. The van der Waals surface area contributed by atoms with Crippen molar-refractivity contribution in [3.63, 3.8) is 0 Å². The number of nitrogens with zero attached hydrogens (tertiary/aromatic N) is 1. The number of hydrogen-bond donors (Lipinski definition) is 1. The van der Waals surface area contributed by atoms with Gasteiger partial charge in [0.2, 0.25) is 0 Å². The minimum absolute atomic E-state index is 0.0253. The maximum Gasteiger partial charge on any atom is 0.306 e. The van der Waals surface area contributed by atoms with Crippen LogP contribution in [0.15, 0.2) is 4.42 Å². The summed E-state index contributed by atoms with van der Waals surface area (Å²) < 4.78 is 11.0. The van der Waals surface area contributed by atoms with Crippen LogP contribution in [0, 0.1) is 6.92 Å². The van der Waals surface area contributed by atoms with Gasteiger partial charge in [0, 0.05) is 31.5 Å². The fraction of sp³-hybridized carbons (Fsp3) is 0.562. The molecule has 0 bridgehead atoms. The summed E-state index contributed by atoms with van der Waals surface area (Å²) in [5.41, 5.74) is 1.14. The van der Waals surface area contributed by atoms with Crippen molar-refractivity contribution < 1.29 is 28.6 Å². The number of carbonyl (C=O) groups is 3. The van der Waals surface area contributed by atoms with Crippen LogP contribution in [0.2, 0.25) is 0 Å². The van der Waals surface area contributed by atoms with E-state index >= 15 is 0 Å². The molecular weight excluding hydrogens is 302 g/mol. The third-order valence-electron chi connectivity index (χ3n) is 4.33. The van der Waals surface area contributed by atoms with Gasteiger partial charge in [-0.05, 0) is 13.3 Å². The number of aryl methyl sites for hydroxylation is 1. The second-order valence-corrected chi connectivity index (χ2v) is 5.97. The summed E-state index contributed by atoms with van der Waals surface area (Å²) in [5.74, 6) is -0.445. The Morgan fingerprint density at radius 2 is 2.13 bits per heavy atom. The lowest BCUT2D eigenvalue weighted by atomic mass is 9.94. The summed E-state index contributed by atoms with van der Waals surface area (Å²) in [6.07, 6.45) is 1.23. The standard InChI is InChI=1S/C16H19NO6/c1-9-14-11(18)3-2-4-12(14)23-15(9)16(21)17-5-6-22-10(8-17)7-13(19)20/h10H,2-8H2,1H3,(H,19,20)/t10-/m1/s1. The minimum atomic E-state index is -0.959. The number of ether oxygens (including phenoxy) is 1. The first-order chi connectivity index (χ1) is 11.0. The van der Waals surface area contributed by atoms with Gasteiger partial charge >= 0.3 is 5.97 Å². The molecule has 1 aliphatic heterocycles. The number of carboxylic acid groups (broad SMARTS) is 1. The van der Waals surface area contributed by atoms with Gasteiger partial charge in [-0.1, -0.05) is 0 Å². The van der Waals surface area contributed by atoms with Crippen LogP contribution in [0.1, 0.15) is 51.5 Å². The summed E-state index contributed by atoms with van der Waals surface area (Å²) in [5, 5.41) is 8.85. The molecule has 7 nitrogen and oxygen atoms in total. The normalized spacial score (nSPS) is 21.2. The van der Waals surface area contributed by atoms with Crippen LogP contribution in [0.5, 0.6) is 0 Å². The van der Waals surface area contributed by atoms with E-state index in [-0.39, 0.29) is 30.4 Å². The van der Waals surface area contributed by atoms with Crippen molar-refractivity contribution >= 4 is 17.7 Å². The molecular formula is C16H19NO6. The van der Waals surface area contributed by atoms with Gasteiger partial charge in [-0.15, -0.1) is 0 Å². The molecule has 1 saturated heterocycles. The number of fused-ring (bicyclic) bond motifs is 1. The molecule has 7 heteroatoms. The molecule has 0 aromatic carbocycles. The van der Waals surface area contributed by atoms with Crippen molar-refractivity contribution in [2.24, 2.45) is 0 Å². The molecule has 1 amide bonds. The van der Waals surface area contributed by atoms with Gasteiger partial charge in [0.05, 0.1) is 24.7 Å². The predicted molar refractivity (Wildman–Crippen MR) is 78.6 cm³/mol. The maximum absolute atomic E-state index is 12.7. The smallest absolute Gasteiger partial charge is 0.306 e. The number of rotatable bonds is 3. The van der Waals surface area contributed by atoms with Gasteiger partial charge in [-0.3, -0.25) is 14.4 Å². The van der Waals surface area contributed by atoms with E-state index in [0.717, 1.165) is 6.42 Å². The number of Topliss-reactive ketones (excluding diaryl/α,β-unsaturated/α-hetero) is 1. The number of ketones is 1. The van der Waals surface area contributed by atoms with Crippen LogP contribution in [-0.2, 0) is 16.0 Å². The van der Waals surface area contributed by atoms with E-state index in [9.17, 15) is 14.4 Å². The van der Waals surface area contributed by atoms with Gasteiger partial charge in [-0.2, -0.15) is 0 Å². The lowest BCUT2D eigenvalue weighted by molar-refractivity contribution is -0.141. The maximum atomic E-state index is 12.7. The zero-order chi connectivity index (χ0) is 16.6. The van der Waals surface area contributed by atoms with Crippen molar-refractivity contribution in [1.29, 1.82) is 0 Å². The Morgan fingerprint density at radius 3 is 2.83 bits per heavy atom. The molecule has 0 spiro atoms. The highest BCUT2D eigenvalue weighted by atomic mass is 16.5. The highest BCUT2D eigenvalue weighted by Gasteiger charge is 2.33. The number of hydrogen-bond acceptors (Lipinski definition) is 5. The van der Waals surface area contributed by atoms with E-state index in [1.54, 1.807) is 11.8 Å². The second kappa shape index (κ2) is 6.16. The van der Waals surface area contributed by atoms with Crippen molar-refractivity contribution in [2.75, 3.05) is 19.7 Å². The van der Waals surface area contributed by atoms with Gasteiger partial charge in [0.25, 0.3) is 5.91 Å². The number of furan rings is 1. The van der Waals surface area contributed by atoms with E-state index in [1.807, 2.05) is 0 Å². The van der Waals surface area contributed by atoms with Gasteiger partial charge in [0.1, 0.15) is 5.76 Å². The monoisotopic (exact) mass is 321 g/mol. The Kier molecular flexibility index (Phi) is 4.21. The lowest BCUT2D eigenvalue weighted by Gasteiger charge is -2.31. The Hall–Kier alpha value is -2.15. The molecule has 1 aromatic rings. The summed E-state index contributed by atoms with van der Waals surface area (Å²) in [4.78, 5) is 37.1. The first kappa shape index (κ1) is 15.7. The van der Waals surface area contributed by atoms with Gasteiger partial charge in [-0.25, -0.2) is 0 Å². The Labute approximate surface area is 133 Å². The molecule has 1 aromatic heterocycles. The summed E-state index contributed by atoms with van der Waals surface area (Å²) in [6, 6.07) is 0. The van der Waals surface area contributed by atoms with Crippen LogP contribution in [-0.4, -0.2) is 53.5 Å². The molecule has 3 rings (SSSR count). The molecule has 1 fully saturated rings. The highest BCUT2D eigenvalue weighted by molar-refractivity contribution is 6.03. The average molecular weight is 321 g/mol. The van der Waals surface area contributed by atoms with E-state index in [0.29, 0.717) is 42.9 Å². The van der Waals surface area contributed by atoms with Gasteiger partial charge in [0.15, 0.2) is 11.5 Å². The number of morpholine rings is 1. The molecule has 2 aliphatic rings. The van der Waals surface area contributed by atoms with Crippen molar-refractivity contribution in [2.45, 2.75) is 38.7 Å². The number of carboxylic acids is 1. The van der Waals surface area contributed by atoms with Crippen molar-refractivity contribution in [3.05, 3.63) is 22.6 Å². The quantitative estimate of drug-likeness (QED) is 0.904. The fourth-order valence-corrected chi connectivity index (χ4v) is 3.22. The molecule has 23 heavy (non-hydrogen) atoms. The zero-order valence-electron chi connectivity index (χ0n) is 13.0. The topological polar surface area (TPSA) is 97.1 Å². The molecule has 124 valence electrons. The molecule has 0 radical (unpaired) electrons. The Morgan fingerprint density at radius 1 is 1.35 bits per heavy atom. The fourth-order valence-electron chi connectivity index (χ4n) is 3.22. The van der Waals surface area contributed by atoms with Crippen LogP contribution in [0.4, 0.5) is 0 Å². The summed E-state index contributed by atoms with van der Waals surface area (Å²) in [7, 11) is 0. The summed E-state index contributed by atoms with van der Waals surface area (Å²) in [6.45, 7) is 2.62.